The van der Waals surface area contributed by atoms with Crippen LogP contribution in [0, 0.1) is 6.92 Å². The van der Waals surface area contributed by atoms with Gasteiger partial charge in [0, 0.05) is 26.1 Å². The molecule has 0 unspecified atom stereocenters. The van der Waals surface area contributed by atoms with E-state index in [1.54, 1.807) is 29.2 Å². The van der Waals surface area contributed by atoms with E-state index in [-0.39, 0.29) is 24.8 Å². The van der Waals surface area contributed by atoms with E-state index in [0.717, 1.165) is 23.8 Å². The molecule has 0 aliphatic heterocycles. The molecule has 0 bridgehead atoms. The Hall–Kier alpha value is -3.07. The number of para-hydroxylation sites is 2. The fourth-order valence-electron chi connectivity index (χ4n) is 4.22. The second kappa shape index (κ2) is 14.6. The van der Waals surface area contributed by atoms with Gasteiger partial charge < -0.3 is 15.0 Å². The van der Waals surface area contributed by atoms with Crippen molar-refractivity contribution in [1.29, 1.82) is 0 Å². The molecule has 0 saturated carbocycles. The highest BCUT2D eigenvalue weighted by Crippen LogP contribution is 2.30. The van der Waals surface area contributed by atoms with Crippen LogP contribution in [0.15, 0.2) is 48.5 Å². The number of ether oxygens (including phenoxy) is 1. The molecule has 2 aromatic rings. The number of nitrogens with one attached hydrogen (secondary N) is 1. The molecule has 0 aromatic heterocycles. The average Bonchev–Trinajstić information content (AvgIpc) is 2.85. The van der Waals surface area contributed by atoms with Crippen LogP contribution in [0.3, 0.4) is 0 Å². The standard InChI is InChI=1S/C28H41N3O5S/c1-6-18-29-28(33)24(7-2)30(21-23-14-11-13-22(4)20-23)27(32)17-12-19-31(37(5,34)35)25-15-9-10-16-26(25)36-8-3/h9-11,13-16,20,24H,6-8,12,17-19,21H2,1-5H3,(H,29,33)/t24-/m0/s1. The van der Waals surface area contributed by atoms with Gasteiger partial charge >= 0.3 is 0 Å². The van der Waals surface area contributed by atoms with Crippen molar-refractivity contribution in [2.75, 3.05) is 30.3 Å². The van der Waals surface area contributed by atoms with Gasteiger partial charge in [0.25, 0.3) is 0 Å². The highest BCUT2D eigenvalue weighted by molar-refractivity contribution is 7.92. The van der Waals surface area contributed by atoms with Gasteiger partial charge in [-0.1, -0.05) is 55.8 Å². The zero-order chi connectivity index (χ0) is 27.4. The summed E-state index contributed by atoms with van der Waals surface area (Å²) in [5.41, 5.74) is 2.46. The SMILES string of the molecule is CCCNC(=O)[C@H](CC)N(Cc1cccc(C)c1)C(=O)CCCN(c1ccccc1OCC)S(C)(=O)=O. The third kappa shape index (κ3) is 9.07. The maximum Gasteiger partial charge on any atom is 0.242 e. The van der Waals surface area contributed by atoms with E-state index < -0.39 is 16.1 Å². The van der Waals surface area contributed by atoms with Crippen LogP contribution in [0.5, 0.6) is 5.75 Å². The van der Waals surface area contributed by atoms with E-state index in [0.29, 0.717) is 44.0 Å². The molecular weight excluding hydrogens is 490 g/mol. The van der Waals surface area contributed by atoms with Crippen LogP contribution in [0.1, 0.15) is 57.6 Å². The largest absolute Gasteiger partial charge is 0.492 e. The maximum absolute atomic E-state index is 13.5. The second-order valence-electron chi connectivity index (χ2n) is 9.07. The summed E-state index contributed by atoms with van der Waals surface area (Å²) in [5, 5.41) is 2.92. The summed E-state index contributed by atoms with van der Waals surface area (Å²) in [4.78, 5) is 28.1. The number of anilines is 1. The van der Waals surface area contributed by atoms with Crippen molar-refractivity contribution in [2.45, 2.75) is 66.0 Å². The third-order valence-electron chi connectivity index (χ3n) is 5.96. The van der Waals surface area contributed by atoms with Gasteiger partial charge in [0.1, 0.15) is 11.8 Å². The number of hydrogen-bond acceptors (Lipinski definition) is 5. The van der Waals surface area contributed by atoms with Gasteiger partial charge in [-0.25, -0.2) is 8.42 Å². The minimum atomic E-state index is -3.61. The van der Waals surface area contributed by atoms with Gasteiger partial charge in [-0.2, -0.15) is 0 Å². The van der Waals surface area contributed by atoms with E-state index in [1.807, 2.05) is 52.0 Å². The molecule has 1 atom stereocenters. The number of amides is 2. The smallest absolute Gasteiger partial charge is 0.242 e. The van der Waals surface area contributed by atoms with Gasteiger partial charge in [0.2, 0.25) is 21.8 Å². The molecule has 37 heavy (non-hydrogen) atoms. The van der Waals surface area contributed by atoms with Crippen LogP contribution in [0.2, 0.25) is 0 Å². The first-order valence-electron chi connectivity index (χ1n) is 12.9. The summed E-state index contributed by atoms with van der Waals surface area (Å²) in [6.07, 6.45) is 2.82. The number of hydrogen-bond donors (Lipinski definition) is 1. The van der Waals surface area contributed by atoms with Crippen molar-refractivity contribution < 1.29 is 22.7 Å². The minimum absolute atomic E-state index is 0.103. The highest BCUT2D eigenvalue weighted by atomic mass is 32.2. The van der Waals surface area contributed by atoms with Gasteiger partial charge in [-0.3, -0.25) is 13.9 Å². The summed E-state index contributed by atoms with van der Waals surface area (Å²) in [6, 6.07) is 14.2. The number of carbonyl (C=O) groups excluding carboxylic acids is 2. The average molecular weight is 532 g/mol. The number of sulfonamides is 1. The quantitative estimate of drug-likeness (QED) is 0.370. The van der Waals surface area contributed by atoms with E-state index in [9.17, 15) is 18.0 Å². The summed E-state index contributed by atoms with van der Waals surface area (Å²) in [6.45, 7) is 9.07. The molecule has 0 heterocycles. The first kappa shape index (κ1) is 30.2. The Balaban J connectivity index is 2.24. The highest BCUT2D eigenvalue weighted by Gasteiger charge is 2.29. The fraction of sp³-hybridized carbons (Fsp3) is 0.500. The van der Waals surface area contributed by atoms with Gasteiger partial charge in [-0.05, 0) is 50.8 Å². The lowest BCUT2D eigenvalue weighted by Gasteiger charge is -2.31. The second-order valence-corrected chi connectivity index (χ2v) is 11.0. The predicted molar refractivity (Wildman–Crippen MR) is 148 cm³/mol. The lowest BCUT2D eigenvalue weighted by molar-refractivity contribution is -0.141. The third-order valence-corrected chi connectivity index (χ3v) is 7.14. The van der Waals surface area contributed by atoms with E-state index in [1.165, 1.54) is 4.31 Å². The van der Waals surface area contributed by atoms with Crippen LogP contribution < -0.4 is 14.4 Å². The summed E-state index contributed by atoms with van der Waals surface area (Å²) in [5.74, 6) is 0.113. The van der Waals surface area contributed by atoms with Gasteiger partial charge in [-0.15, -0.1) is 0 Å². The van der Waals surface area contributed by atoms with Crippen LogP contribution in [0.4, 0.5) is 5.69 Å². The Bertz CT molecular complexity index is 1140. The molecule has 0 aliphatic rings. The van der Waals surface area contributed by atoms with Gasteiger partial charge in [0.05, 0.1) is 18.6 Å². The number of benzene rings is 2. The summed E-state index contributed by atoms with van der Waals surface area (Å²) in [7, 11) is -3.61. The van der Waals surface area contributed by atoms with Crippen molar-refractivity contribution in [1.82, 2.24) is 10.2 Å². The van der Waals surface area contributed by atoms with E-state index in [2.05, 4.69) is 5.32 Å². The molecule has 0 spiro atoms. The number of rotatable bonds is 15. The Kier molecular flexibility index (Phi) is 11.9. The van der Waals surface area contributed by atoms with Crippen LogP contribution in [-0.2, 0) is 26.2 Å². The number of aryl methyl sites for hydroxylation is 1. The molecule has 2 aromatic carbocycles. The zero-order valence-corrected chi connectivity index (χ0v) is 23.5. The molecule has 204 valence electrons. The molecule has 0 saturated heterocycles. The molecule has 0 aliphatic carbocycles. The Labute approximate surface area is 222 Å². The maximum atomic E-state index is 13.5. The molecule has 2 amide bonds. The van der Waals surface area contributed by atoms with Crippen molar-refractivity contribution >= 4 is 27.5 Å². The number of nitrogens with zero attached hydrogens (tertiary/aromatic N) is 2. The molecule has 8 nitrogen and oxygen atoms in total. The fourth-order valence-corrected chi connectivity index (χ4v) is 5.18. The number of carbonyl (C=O) groups is 2. The Morgan fingerprint density at radius 3 is 2.41 bits per heavy atom. The molecule has 0 radical (unpaired) electrons. The van der Waals surface area contributed by atoms with Crippen molar-refractivity contribution in [2.24, 2.45) is 0 Å². The van der Waals surface area contributed by atoms with Crippen molar-refractivity contribution in [3.8, 4) is 5.75 Å². The molecule has 1 N–H and O–H groups in total. The summed E-state index contributed by atoms with van der Waals surface area (Å²) >= 11 is 0. The van der Waals surface area contributed by atoms with Crippen LogP contribution in [-0.4, -0.2) is 57.1 Å². The van der Waals surface area contributed by atoms with Crippen LogP contribution in [0.25, 0.3) is 0 Å². The molecule has 2 rings (SSSR count). The lowest BCUT2D eigenvalue weighted by Crippen LogP contribution is -2.49. The topological polar surface area (TPSA) is 96.0 Å². The van der Waals surface area contributed by atoms with E-state index in [4.69, 9.17) is 4.74 Å². The summed E-state index contributed by atoms with van der Waals surface area (Å²) < 4.78 is 32.2. The van der Waals surface area contributed by atoms with Crippen molar-refractivity contribution in [3.05, 3.63) is 59.7 Å². The van der Waals surface area contributed by atoms with Crippen molar-refractivity contribution in [3.63, 3.8) is 0 Å². The van der Waals surface area contributed by atoms with Crippen LogP contribution >= 0.6 is 0 Å². The molecule has 9 heteroatoms. The monoisotopic (exact) mass is 531 g/mol. The molecular formula is C28H41N3O5S. The predicted octanol–water partition coefficient (Wildman–Crippen LogP) is 4.27. The first-order chi connectivity index (χ1) is 17.6. The normalized spacial score (nSPS) is 12.0. The van der Waals surface area contributed by atoms with Gasteiger partial charge in [0.15, 0.2) is 0 Å². The molecule has 0 fully saturated rings. The first-order valence-corrected chi connectivity index (χ1v) is 14.8. The Morgan fingerprint density at radius 1 is 1.05 bits per heavy atom. The van der Waals surface area contributed by atoms with E-state index >= 15 is 0 Å². The zero-order valence-electron chi connectivity index (χ0n) is 22.7. The lowest BCUT2D eigenvalue weighted by atomic mass is 10.1. The minimum Gasteiger partial charge on any atom is -0.492 e. The Morgan fingerprint density at radius 2 is 1.78 bits per heavy atom.